The summed E-state index contributed by atoms with van der Waals surface area (Å²) in [6.45, 7) is 4.07. The summed E-state index contributed by atoms with van der Waals surface area (Å²) in [5.41, 5.74) is 3.10. The lowest BCUT2D eigenvalue weighted by atomic mass is 10.1. The molecule has 0 amide bonds. The van der Waals surface area contributed by atoms with Crippen LogP contribution in [0.15, 0.2) is 18.2 Å². The van der Waals surface area contributed by atoms with Crippen molar-refractivity contribution in [3.05, 3.63) is 35.2 Å². The van der Waals surface area contributed by atoms with E-state index in [1.807, 2.05) is 32.0 Å². The van der Waals surface area contributed by atoms with Gasteiger partial charge >= 0.3 is 0 Å². The van der Waals surface area contributed by atoms with Crippen LogP contribution in [0, 0.1) is 13.8 Å². The third-order valence-corrected chi connectivity index (χ3v) is 3.43. The van der Waals surface area contributed by atoms with Gasteiger partial charge in [-0.2, -0.15) is 4.68 Å². The first-order valence-electron chi connectivity index (χ1n) is 5.66. The van der Waals surface area contributed by atoms with Gasteiger partial charge in [0.1, 0.15) is 0 Å². The monoisotopic (exact) mass is 281 g/mol. The molecule has 0 bridgehead atoms. The number of nitrogens with one attached hydrogen (secondary N) is 1. The number of rotatable bonds is 4. The Morgan fingerprint density at radius 3 is 2.63 bits per heavy atom. The van der Waals surface area contributed by atoms with Gasteiger partial charge in [-0.3, -0.25) is 0 Å². The maximum atomic E-state index is 11.1. The third-order valence-electron chi connectivity index (χ3n) is 2.76. The fourth-order valence-corrected chi connectivity index (χ4v) is 1.96. The highest BCUT2D eigenvalue weighted by Crippen LogP contribution is 2.13. The molecule has 1 heterocycles. The zero-order chi connectivity index (χ0) is 14.0. The van der Waals surface area contributed by atoms with Crippen LogP contribution in [0.5, 0.6) is 0 Å². The Balaban J connectivity index is 2.30. The molecule has 0 aliphatic carbocycles. The van der Waals surface area contributed by atoms with Crippen molar-refractivity contribution >= 4 is 10.0 Å². The van der Waals surface area contributed by atoms with Crippen LogP contribution in [-0.4, -0.2) is 34.9 Å². The van der Waals surface area contributed by atoms with Crippen molar-refractivity contribution in [3.8, 4) is 5.69 Å². The summed E-state index contributed by atoms with van der Waals surface area (Å²) < 4.78 is 26.1. The smallest absolute Gasteiger partial charge is 0.209 e. The number of nitrogens with zero attached hydrogens (tertiary/aromatic N) is 4. The topological polar surface area (TPSA) is 89.8 Å². The van der Waals surface area contributed by atoms with Crippen LogP contribution in [0.1, 0.15) is 17.0 Å². The molecule has 0 spiro atoms. The Morgan fingerprint density at radius 2 is 2.00 bits per heavy atom. The molecule has 0 saturated heterocycles. The molecule has 0 aliphatic heterocycles. The van der Waals surface area contributed by atoms with E-state index in [2.05, 4.69) is 20.2 Å². The maximum absolute atomic E-state index is 11.1. The Bertz CT molecular complexity index is 693. The van der Waals surface area contributed by atoms with Gasteiger partial charge in [-0.25, -0.2) is 13.1 Å². The van der Waals surface area contributed by atoms with Gasteiger partial charge in [0.15, 0.2) is 5.82 Å². The Morgan fingerprint density at radius 1 is 1.26 bits per heavy atom. The van der Waals surface area contributed by atoms with Crippen LogP contribution in [0.2, 0.25) is 0 Å². The van der Waals surface area contributed by atoms with Crippen LogP contribution in [0.3, 0.4) is 0 Å². The van der Waals surface area contributed by atoms with Gasteiger partial charge in [0.05, 0.1) is 18.5 Å². The van der Waals surface area contributed by atoms with Gasteiger partial charge in [-0.05, 0) is 47.5 Å². The Kier molecular flexibility index (Phi) is 3.63. The summed E-state index contributed by atoms with van der Waals surface area (Å²) in [7, 11) is -3.27. The predicted octanol–water partition coefficient (Wildman–Crippen LogP) is 0.328. The van der Waals surface area contributed by atoms with Crippen molar-refractivity contribution in [1.29, 1.82) is 0 Å². The van der Waals surface area contributed by atoms with E-state index < -0.39 is 10.0 Å². The van der Waals surface area contributed by atoms with Gasteiger partial charge in [0.25, 0.3) is 0 Å². The minimum absolute atomic E-state index is 0.0543. The van der Waals surface area contributed by atoms with Crippen LogP contribution >= 0.6 is 0 Å². The normalized spacial score (nSPS) is 11.7. The van der Waals surface area contributed by atoms with Gasteiger partial charge in [-0.1, -0.05) is 6.07 Å². The number of hydrogen-bond acceptors (Lipinski definition) is 5. The minimum atomic E-state index is -3.27. The van der Waals surface area contributed by atoms with Crippen molar-refractivity contribution in [1.82, 2.24) is 24.9 Å². The van der Waals surface area contributed by atoms with E-state index in [9.17, 15) is 8.42 Å². The summed E-state index contributed by atoms with van der Waals surface area (Å²) in [5.74, 6) is 0.439. The highest BCUT2D eigenvalue weighted by atomic mass is 32.2. The summed E-state index contributed by atoms with van der Waals surface area (Å²) in [6, 6.07) is 5.82. The fraction of sp³-hybridized carbons (Fsp3) is 0.364. The van der Waals surface area contributed by atoms with Crippen LogP contribution in [0.4, 0.5) is 0 Å². The molecule has 0 aliphatic rings. The lowest BCUT2D eigenvalue weighted by Gasteiger charge is -2.07. The molecular formula is C11H15N5O2S. The van der Waals surface area contributed by atoms with Crippen LogP contribution in [-0.2, 0) is 16.6 Å². The molecule has 0 radical (unpaired) electrons. The number of sulfonamides is 1. The van der Waals surface area contributed by atoms with Gasteiger partial charge in [0.2, 0.25) is 10.0 Å². The SMILES string of the molecule is Cc1ccc(-n2nnnc2CNS(C)(=O)=O)cc1C. The van der Waals surface area contributed by atoms with Gasteiger partial charge in [-0.15, -0.1) is 5.10 Å². The van der Waals surface area contributed by atoms with E-state index in [4.69, 9.17) is 0 Å². The zero-order valence-electron chi connectivity index (χ0n) is 11.0. The second-order valence-electron chi connectivity index (χ2n) is 4.37. The number of aryl methyl sites for hydroxylation is 2. The van der Waals surface area contributed by atoms with E-state index in [-0.39, 0.29) is 6.54 Å². The first kappa shape index (κ1) is 13.6. The van der Waals surface area contributed by atoms with Crippen LogP contribution < -0.4 is 4.72 Å². The maximum Gasteiger partial charge on any atom is 0.209 e. The van der Waals surface area contributed by atoms with Gasteiger partial charge in [0, 0.05) is 0 Å². The second kappa shape index (κ2) is 5.06. The lowest BCUT2D eigenvalue weighted by molar-refractivity contribution is 0.584. The summed E-state index contributed by atoms with van der Waals surface area (Å²) in [5, 5.41) is 11.3. The summed E-state index contributed by atoms with van der Waals surface area (Å²) in [6.07, 6.45) is 1.09. The average molecular weight is 281 g/mol. The molecule has 1 aromatic heterocycles. The van der Waals surface area contributed by atoms with E-state index in [1.54, 1.807) is 0 Å². The number of aromatic nitrogens is 4. The number of tetrazole rings is 1. The molecule has 19 heavy (non-hydrogen) atoms. The largest absolute Gasteiger partial charge is 0.213 e. The lowest BCUT2D eigenvalue weighted by Crippen LogP contribution is -2.23. The molecule has 0 fully saturated rings. The predicted molar refractivity (Wildman–Crippen MR) is 70.3 cm³/mol. The molecule has 0 atom stereocenters. The number of hydrogen-bond donors (Lipinski definition) is 1. The Hall–Kier alpha value is -1.80. The highest BCUT2D eigenvalue weighted by Gasteiger charge is 2.11. The molecular weight excluding hydrogens is 266 g/mol. The fourth-order valence-electron chi connectivity index (χ4n) is 1.57. The van der Waals surface area contributed by atoms with Crippen molar-refractivity contribution in [2.45, 2.75) is 20.4 Å². The Labute approximate surface area is 111 Å². The van der Waals surface area contributed by atoms with Crippen molar-refractivity contribution in [2.75, 3.05) is 6.26 Å². The molecule has 8 heteroatoms. The first-order valence-corrected chi connectivity index (χ1v) is 7.55. The molecule has 0 saturated carbocycles. The van der Waals surface area contributed by atoms with Crippen molar-refractivity contribution in [3.63, 3.8) is 0 Å². The molecule has 7 nitrogen and oxygen atoms in total. The van der Waals surface area contributed by atoms with E-state index in [1.165, 1.54) is 10.2 Å². The second-order valence-corrected chi connectivity index (χ2v) is 6.20. The highest BCUT2D eigenvalue weighted by molar-refractivity contribution is 7.88. The minimum Gasteiger partial charge on any atom is -0.213 e. The molecule has 2 aromatic rings. The zero-order valence-corrected chi connectivity index (χ0v) is 11.8. The molecule has 2 rings (SSSR count). The third kappa shape index (κ3) is 3.36. The van der Waals surface area contributed by atoms with Gasteiger partial charge < -0.3 is 0 Å². The summed E-state index contributed by atoms with van der Waals surface area (Å²) >= 11 is 0. The quantitative estimate of drug-likeness (QED) is 0.872. The van der Waals surface area contributed by atoms with Crippen molar-refractivity contribution < 1.29 is 8.42 Å². The molecule has 0 unspecified atom stereocenters. The average Bonchev–Trinajstić information content (AvgIpc) is 2.77. The summed E-state index contributed by atoms with van der Waals surface area (Å²) in [4.78, 5) is 0. The van der Waals surface area contributed by atoms with Crippen LogP contribution in [0.25, 0.3) is 5.69 Å². The van der Waals surface area contributed by atoms with E-state index >= 15 is 0 Å². The van der Waals surface area contributed by atoms with E-state index in [0.717, 1.165) is 17.5 Å². The molecule has 1 N–H and O–H groups in total. The van der Waals surface area contributed by atoms with Crippen molar-refractivity contribution in [2.24, 2.45) is 0 Å². The first-order chi connectivity index (χ1) is 8.87. The standard InChI is InChI=1S/C11H15N5O2S/c1-8-4-5-10(6-9(8)2)16-11(13-14-15-16)7-12-19(3,17)18/h4-6,12H,7H2,1-3H3. The van der Waals surface area contributed by atoms with E-state index in [0.29, 0.717) is 5.82 Å². The number of benzene rings is 1. The molecule has 1 aromatic carbocycles. The molecule has 102 valence electrons.